The molecule has 102 valence electrons. The molecule has 0 spiro atoms. The molecule has 0 saturated carbocycles. The van der Waals surface area contributed by atoms with Crippen LogP contribution in [0, 0.1) is 17.2 Å². The number of nitriles is 1. The molecule has 0 fully saturated rings. The van der Waals surface area contributed by atoms with Crippen molar-refractivity contribution in [2.24, 2.45) is 5.92 Å². The van der Waals surface area contributed by atoms with E-state index in [0.717, 1.165) is 35.0 Å². The molecule has 0 aliphatic carbocycles. The molecule has 1 aromatic rings. The van der Waals surface area contributed by atoms with Gasteiger partial charge in [0.1, 0.15) is 6.29 Å². The fraction of sp³-hybridized carbons (Fsp3) is 0.529. The van der Waals surface area contributed by atoms with Crippen molar-refractivity contribution in [2.75, 3.05) is 0 Å². The van der Waals surface area contributed by atoms with E-state index < -0.39 is 0 Å². The maximum absolute atomic E-state index is 10.9. The van der Waals surface area contributed by atoms with Gasteiger partial charge in [-0.15, -0.1) is 0 Å². The summed E-state index contributed by atoms with van der Waals surface area (Å²) in [5.74, 6) is 0.497. The lowest BCUT2D eigenvalue weighted by molar-refractivity contribution is -0.107. The van der Waals surface area contributed by atoms with Crippen LogP contribution >= 0.6 is 0 Å². The van der Waals surface area contributed by atoms with Crippen molar-refractivity contribution in [2.45, 2.75) is 52.9 Å². The van der Waals surface area contributed by atoms with Gasteiger partial charge in [0.25, 0.3) is 0 Å². The van der Waals surface area contributed by atoms with Gasteiger partial charge in [-0.3, -0.25) is 0 Å². The van der Waals surface area contributed by atoms with Gasteiger partial charge < -0.3 is 4.79 Å². The Morgan fingerprint density at radius 3 is 2.32 bits per heavy atom. The minimum atomic E-state index is -0.0553. The van der Waals surface area contributed by atoms with Crippen LogP contribution in [0.2, 0.25) is 0 Å². The van der Waals surface area contributed by atoms with Crippen molar-refractivity contribution < 1.29 is 4.79 Å². The summed E-state index contributed by atoms with van der Waals surface area (Å²) in [7, 11) is 0. The predicted octanol–water partition coefficient (Wildman–Crippen LogP) is 3.80. The lowest BCUT2D eigenvalue weighted by Crippen LogP contribution is -2.16. The third-order valence-electron chi connectivity index (χ3n) is 3.19. The Morgan fingerprint density at radius 2 is 1.89 bits per heavy atom. The van der Waals surface area contributed by atoms with Crippen LogP contribution in [-0.4, -0.2) is 6.29 Å². The second-order valence-corrected chi connectivity index (χ2v) is 6.50. The average molecular weight is 257 g/mol. The van der Waals surface area contributed by atoms with Crippen LogP contribution in [-0.2, 0) is 23.1 Å². The first-order valence-electron chi connectivity index (χ1n) is 6.79. The summed E-state index contributed by atoms with van der Waals surface area (Å²) >= 11 is 0. The number of benzene rings is 1. The third-order valence-corrected chi connectivity index (χ3v) is 3.19. The van der Waals surface area contributed by atoms with Crippen LogP contribution in [0.1, 0.15) is 56.9 Å². The zero-order valence-corrected chi connectivity index (χ0v) is 12.6. The Balaban J connectivity index is 3.42. The van der Waals surface area contributed by atoms with Gasteiger partial charge in [-0.2, -0.15) is 5.26 Å². The molecular formula is C17H23NO. The summed E-state index contributed by atoms with van der Waals surface area (Å²) in [4.78, 5) is 10.9. The molecule has 19 heavy (non-hydrogen) atoms. The molecule has 0 aromatic heterocycles. The van der Waals surface area contributed by atoms with Crippen molar-refractivity contribution in [3.63, 3.8) is 0 Å². The highest BCUT2D eigenvalue weighted by Crippen LogP contribution is 2.29. The van der Waals surface area contributed by atoms with Gasteiger partial charge in [-0.05, 0) is 40.5 Å². The number of nitrogens with zero attached hydrogens (tertiary/aromatic N) is 1. The Kier molecular flexibility index (Phi) is 4.89. The molecule has 0 amide bonds. The number of rotatable bonds is 4. The van der Waals surface area contributed by atoms with Crippen LogP contribution in [0.15, 0.2) is 12.1 Å². The molecule has 1 rings (SSSR count). The number of carbonyl (C=O) groups is 1. The molecule has 0 bridgehead atoms. The van der Waals surface area contributed by atoms with E-state index in [9.17, 15) is 10.1 Å². The first kappa shape index (κ1) is 15.4. The monoisotopic (exact) mass is 257 g/mol. The molecule has 0 aliphatic heterocycles. The summed E-state index contributed by atoms with van der Waals surface area (Å²) in [5.41, 5.74) is 3.90. The SMILES string of the molecule is CC(C)Cc1cc(CC=O)c(C(C)(C)C)cc1C#N. The molecule has 0 unspecified atom stereocenters. The average Bonchev–Trinajstić information content (AvgIpc) is 2.27. The second-order valence-electron chi connectivity index (χ2n) is 6.50. The minimum Gasteiger partial charge on any atom is -0.303 e. The van der Waals surface area contributed by atoms with Crippen LogP contribution in [0.4, 0.5) is 0 Å². The van der Waals surface area contributed by atoms with Gasteiger partial charge in [0.05, 0.1) is 11.6 Å². The molecule has 0 aliphatic rings. The molecule has 2 heteroatoms. The zero-order valence-electron chi connectivity index (χ0n) is 12.6. The lowest BCUT2D eigenvalue weighted by atomic mass is 9.80. The largest absolute Gasteiger partial charge is 0.303 e. The van der Waals surface area contributed by atoms with Crippen LogP contribution in [0.3, 0.4) is 0 Å². The molecule has 2 nitrogen and oxygen atoms in total. The smallest absolute Gasteiger partial charge is 0.124 e. The number of hydrogen-bond donors (Lipinski definition) is 0. The van der Waals surface area contributed by atoms with Gasteiger partial charge in [-0.25, -0.2) is 0 Å². The predicted molar refractivity (Wildman–Crippen MR) is 78.2 cm³/mol. The molecule has 0 heterocycles. The molecule has 0 radical (unpaired) electrons. The Morgan fingerprint density at radius 1 is 1.26 bits per heavy atom. The van der Waals surface area contributed by atoms with E-state index in [0.29, 0.717) is 12.3 Å². The van der Waals surface area contributed by atoms with E-state index in [1.54, 1.807) is 0 Å². The highest BCUT2D eigenvalue weighted by Gasteiger charge is 2.20. The first-order valence-corrected chi connectivity index (χ1v) is 6.79. The van der Waals surface area contributed by atoms with Crippen molar-refractivity contribution in [3.05, 3.63) is 34.4 Å². The van der Waals surface area contributed by atoms with Crippen molar-refractivity contribution in [3.8, 4) is 6.07 Å². The van der Waals surface area contributed by atoms with E-state index in [2.05, 4.69) is 40.7 Å². The molecule has 0 saturated heterocycles. The Hall–Kier alpha value is -1.62. The van der Waals surface area contributed by atoms with Crippen LogP contribution < -0.4 is 0 Å². The van der Waals surface area contributed by atoms with Crippen LogP contribution in [0.25, 0.3) is 0 Å². The second kappa shape index (κ2) is 6.02. The van der Waals surface area contributed by atoms with Crippen molar-refractivity contribution in [1.82, 2.24) is 0 Å². The number of hydrogen-bond acceptors (Lipinski definition) is 2. The van der Waals surface area contributed by atoms with Crippen molar-refractivity contribution >= 4 is 6.29 Å². The highest BCUT2D eigenvalue weighted by atomic mass is 16.1. The van der Waals surface area contributed by atoms with E-state index in [-0.39, 0.29) is 5.41 Å². The maximum atomic E-state index is 10.9. The first-order chi connectivity index (χ1) is 8.79. The van der Waals surface area contributed by atoms with E-state index in [1.807, 2.05) is 12.1 Å². The lowest BCUT2D eigenvalue weighted by Gasteiger charge is -2.24. The summed E-state index contributed by atoms with van der Waals surface area (Å²) < 4.78 is 0. The van der Waals surface area contributed by atoms with Crippen LogP contribution in [0.5, 0.6) is 0 Å². The fourth-order valence-electron chi connectivity index (χ4n) is 2.37. The molecule has 0 atom stereocenters. The highest BCUT2D eigenvalue weighted by molar-refractivity contribution is 5.59. The maximum Gasteiger partial charge on any atom is 0.124 e. The van der Waals surface area contributed by atoms with Gasteiger partial charge in [-0.1, -0.05) is 40.7 Å². The van der Waals surface area contributed by atoms with Gasteiger partial charge in [0.2, 0.25) is 0 Å². The number of carbonyl (C=O) groups excluding carboxylic acids is 1. The standard InChI is InChI=1S/C17H23NO/c1-12(2)8-14-9-13(6-7-19)16(17(3,4)5)10-15(14)11-18/h7,9-10,12H,6,8H2,1-5H3. The molecule has 1 aromatic carbocycles. The molecular weight excluding hydrogens is 234 g/mol. The Bertz CT molecular complexity index is 501. The summed E-state index contributed by atoms with van der Waals surface area (Å²) in [5, 5.41) is 9.32. The van der Waals surface area contributed by atoms with E-state index >= 15 is 0 Å². The normalized spacial score (nSPS) is 11.4. The van der Waals surface area contributed by atoms with Gasteiger partial charge >= 0.3 is 0 Å². The van der Waals surface area contributed by atoms with E-state index in [4.69, 9.17) is 0 Å². The van der Waals surface area contributed by atoms with Gasteiger partial charge in [0.15, 0.2) is 0 Å². The minimum absolute atomic E-state index is 0.0553. The third kappa shape index (κ3) is 3.92. The zero-order chi connectivity index (χ0) is 14.6. The molecule has 0 N–H and O–H groups in total. The summed E-state index contributed by atoms with van der Waals surface area (Å²) in [6.45, 7) is 10.6. The number of aldehydes is 1. The summed E-state index contributed by atoms with van der Waals surface area (Å²) in [6.07, 6.45) is 2.23. The Labute approximate surface area is 116 Å². The van der Waals surface area contributed by atoms with Crippen molar-refractivity contribution in [1.29, 1.82) is 5.26 Å². The van der Waals surface area contributed by atoms with Gasteiger partial charge in [0, 0.05) is 6.42 Å². The summed E-state index contributed by atoms with van der Waals surface area (Å²) in [6, 6.07) is 6.31. The quantitative estimate of drug-likeness (QED) is 0.770. The topological polar surface area (TPSA) is 40.9 Å². The van der Waals surface area contributed by atoms with E-state index in [1.165, 1.54) is 0 Å². The fourth-order valence-corrected chi connectivity index (χ4v) is 2.37.